The van der Waals surface area contributed by atoms with E-state index in [0.29, 0.717) is 28.9 Å². The van der Waals surface area contributed by atoms with Crippen LogP contribution in [0, 0.1) is 11.8 Å². The molecule has 0 radical (unpaired) electrons. The minimum atomic E-state index is -0.245. The molecule has 0 saturated heterocycles. The number of Topliss-reactive ketones (excluding diaryl/α,β-unsaturated/α-hetero) is 1. The van der Waals surface area contributed by atoms with E-state index in [1.165, 1.54) is 26.2 Å². The Kier molecular flexibility index (Phi) is 5.63. The predicted molar refractivity (Wildman–Crippen MR) is 139 cm³/mol. The highest BCUT2D eigenvalue weighted by Gasteiger charge is 2.38. The van der Waals surface area contributed by atoms with Crippen LogP contribution in [-0.4, -0.2) is 31.3 Å². The first-order valence-corrected chi connectivity index (χ1v) is 12.7. The van der Waals surface area contributed by atoms with E-state index in [1.54, 1.807) is 17.6 Å². The number of hydrogen-bond acceptors (Lipinski definition) is 5. The Bertz CT molecular complexity index is 1450. The summed E-state index contributed by atoms with van der Waals surface area (Å²) in [5, 5.41) is 7.46. The zero-order valence-corrected chi connectivity index (χ0v) is 20.6. The van der Waals surface area contributed by atoms with Crippen LogP contribution in [0.25, 0.3) is 28.0 Å². The predicted octanol–water partition coefficient (Wildman–Crippen LogP) is 5.91. The second kappa shape index (κ2) is 8.97. The number of nitrogens with one attached hydrogen (secondary N) is 1. The summed E-state index contributed by atoms with van der Waals surface area (Å²) in [5.74, 6) is 1.64. The van der Waals surface area contributed by atoms with Crippen molar-refractivity contribution in [1.82, 2.24) is 19.6 Å². The molecular formula is C29H29N5O2. The molecule has 2 bridgehead atoms. The van der Waals surface area contributed by atoms with Gasteiger partial charge in [-0.3, -0.25) is 14.6 Å². The van der Waals surface area contributed by atoms with Gasteiger partial charge in [-0.05, 0) is 44.1 Å². The molecule has 7 nitrogen and oxygen atoms in total. The second-order valence-corrected chi connectivity index (χ2v) is 10.3. The molecule has 0 spiro atoms. The van der Waals surface area contributed by atoms with Gasteiger partial charge in [-0.1, -0.05) is 49.2 Å². The third-order valence-corrected chi connectivity index (χ3v) is 7.74. The summed E-state index contributed by atoms with van der Waals surface area (Å²) < 4.78 is 1.60. The number of ketones is 1. The average Bonchev–Trinajstić information content (AvgIpc) is 3.46. The lowest BCUT2D eigenvalue weighted by molar-refractivity contribution is -0.114. The maximum absolute atomic E-state index is 12.9. The maximum atomic E-state index is 12.9. The zero-order chi connectivity index (χ0) is 24.8. The van der Waals surface area contributed by atoms with Crippen LogP contribution >= 0.6 is 0 Å². The number of rotatable bonds is 5. The molecule has 3 atom stereocenters. The number of hydrogen-bond donors (Lipinski definition) is 1. The summed E-state index contributed by atoms with van der Waals surface area (Å²) in [6.07, 6.45) is 9.45. The van der Waals surface area contributed by atoms with Gasteiger partial charge in [0.2, 0.25) is 5.91 Å². The topological polar surface area (TPSA) is 89.2 Å². The molecule has 4 aromatic rings. The Balaban J connectivity index is 1.50. The van der Waals surface area contributed by atoms with Crippen molar-refractivity contribution in [1.29, 1.82) is 0 Å². The zero-order valence-electron chi connectivity index (χ0n) is 20.6. The van der Waals surface area contributed by atoms with Crippen LogP contribution in [0.4, 0.5) is 5.82 Å². The van der Waals surface area contributed by atoms with Gasteiger partial charge in [0.1, 0.15) is 5.82 Å². The first kappa shape index (κ1) is 22.6. The van der Waals surface area contributed by atoms with Crippen LogP contribution in [0.3, 0.4) is 0 Å². The summed E-state index contributed by atoms with van der Waals surface area (Å²) in [7, 11) is 0. The molecular weight excluding hydrogens is 450 g/mol. The number of fused-ring (bicyclic) bond motifs is 3. The summed E-state index contributed by atoms with van der Waals surface area (Å²) in [6.45, 7) is 3.00. The summed E-state index contributed by atoms with van der Waals surface area (Å²) in [6, 6.07) is 14.1. The van der Waals surface area contributed by atoms with Crippen molar-refractivity contribution in [3.8, 4) is 22.4 Å². The van der Waals surface area contributed by atoms with Crippen LogP contribution in [0.2, 0.25) is 0 Å². The molecule has 0 aliphatic heterocycles. The van der Waals surface area contributed by atoms with E-state index in [2.05, 4.69) is 15.4 Å². The largest absolute Gasteiger partial charge is 0.310 e. The minimum absolute atomic E-state index is 0.105. The molecule has 6 rings (SSSR count). The number of anilines is 1. The minimum Gasteiger partial charge on any atom is -0.310 e. The second-order valence-electron chi connectivity index (χ2n) is 10.3. The van der Waals surface area contributed by atoms with Crippen molar-refractivity contribution in [3.63, 3.8) is 0 Å². The van der Waals surface area contributed by atoms with Gasteiger partial charge in [-0.15, -0.1) is 0 Å². The molecule has 1 N–H and O–H groups in total. The maximum Gasteiger partial charge on any atom is 0.222 e. The summed E-state index contributed by atoms with van der Waals surface area (Å²) >= 11 is 0. The molecule has 1 aromatic carbocycles. The third-order valence-electron chi connectivity index (χ3n) is 7.74. The molecule has 1 amide bonds. The Morgan fingerprint density at radius 3 is 2.31 bits per heavy atom. The number of benzene rings is 1. The van der Waals surface area contributed by atoms with Gasteiger partial charge in [-0.2, -0.15) is 9.61 Å². The molecule has 3 aromatic heterocycles. The van der Waals surface area contributed by atoms with E-state index >= 15 is 0 Å². The first-order chi connectivity index (χ1) is 17.5. The average molecular weight is 480 g/mol. The molecule has 1 unspecified atom stereocenters. The Labute approximate surface area is 210 Å². The molecule has 7 heteroatoms. The normalized spacial score (nSPS) is 21.0. The van der Waals surface area contributed by atoms with Gasteiger partial charge < -0.3 is 5.32 Å². The van der Waals surface area contributed by atoms with Gasteiger partial charge in [0.25, 0.3) is 0 Å². The molecule has 2 aliphatic carbocycles. The quantitative estimate of drug-likeness (QED) is 0.359. The standard InChI is InChI=1S/C29H29N5O2/c1-17(35)26-27(23-13-19-8-9-20(12-19)14-23)33-28-24(16-31-34(28)29(26)32-18(2)36)22-10-11-25(30-15-22)21-6-4-3-5-7-21/h3-7,10-11,15-16,19-20,23H,8-9,12-14H2,1-2H3,(H,32,36)/t19-,20+,23?. The molecule has 2 saturated carbocycles. The molecule has 2 aliphatic rings. The molecule has 3 heterocycles. The SMILES string of the molecule is CC(=O)Nc1c(C(C)=O)c(C2C[C@H]3CC[C@@H](C2)C3)nc2c(-c3ccc(-c4ccccc4)nc3)cnn12. The van der Waals surface area contributed by atoms with Crippen molar-refractivity contribution < 1.29 is 9.59 Å². The highest BCUT2D eigenvalue weighted by molar-refractivity contribution is 6.04. The van der Waals surface area contributed by atoms with Crippen molar-refractivity contribution in [2.75, 3.05) is 5.32 Å². The number of carbonyl (C=O) groups is 2. The van der Waals surface area contributed by atoms with Gasteiger partial charge in [0, 0.05) is 35.7 Å². The number of pyridine rings is 1. The Morgan fingerprint density at radius 2 is 1.67 bits per heavy atom. The lowest BCUT2D eigenvalue weighted by atomic mass is 9.78. The van der Waals surface area contributed by atoms with Crippen LogP contribution in [-0.2, 0) is 4.79 Å². The number of carbonyl (C=O) groups excluding carboxylic acids is 2. The Morgan fingerprint density at radius 1 is 0.917 bits per heavy atom. The van der Waals surface area contributed by atoms with E-state index in [0.717, 1.165) is 40.9 Å². The molecule has 36 heavy (non-hydrogen) atoms. The van der Waals surface area contributed by atoms with Gasteiger partial charge >= 0.3 is 0 Å². The fourth-order valence-corrected chi connectivity index (χ4v) is 6.20. The van der Waals surface area contributed by atoms with Crippen molar-refractivity contribution in [2.24, 2.45) is 11.8 Å². The van der Waals surface area contributed by atoms with Crippen molar-refractivity contribution >= 4 is 23.2 Å². The van der Waals surface area contributed by atoms with E-state index < -0.39 is 0 Å². The van der Waals surface area contributed by atoms with Crippen molar-refractivity contribution in [3.05, 3.63) is 66.1 Å². The van der Waals surface area contributed by atoms with Crippen molar-refractivity contribution in [2.45, 2.75) is 51.9 Å². The highest BCUT2D eigenvalue weighted by Crippen LogP contribution is 2.49. The Hall–Kier alpha value is -3.87. The smallest absolute Gasteiger partial charge is 0.222 e. The van der Waals surface area contributed by atoms with Gasteiger partial charge in [-0.25, -0.2) is 4.98 Å². The lowest BCUT2D eigenvalue weighted by Crippen LogP contribution is -2.22. The number of amides is 1. The van der Waals surface area contributed by atoms with E-state index in [1.807, 2.05) is 48.7 Å². The summed E-state index contributed by atoms with van der Waals surface area (Å²) in [4.78, 5) is 34.9. The first-order valence-electron chi connectivity index (χ1n) is 12.7. The summed E-state index contributed by atoms with van der Waals surface area (Å²) in [5.41, 5.74) is 5.56. The fourth-order valence-electron chi connectivity index (χ4n) is 6.20. The van der Waals surface area contributed by atoms with Gasteiger partial charge in [0.05, 0.1) is 23.1 Å². The number of aromatic nitrogens is 4. The third kappa shape index (κ3) is 3.98. The highest BCUT2D eigenvalue weighted by atomic mass is 16.1. The molecule has 182 valence electrons. The lowest BCUT2D eigenvalue weighted by Gasteiger charge is -2.29. The van der Waals surface area contributed by atoms with E-state index in [9.17, 15) is 9.59 Å². The van der Waals surface area contributed by atoms with Crippen LogP contribution in [0.1, 0.15) is 67.9 Å². The van der Waals surface area contributed by atoms with E-state index in [4.69, 9.17) is 4.98 Å². The molecule has 2 fully saturated rings. The number of nitrogens with zero attached hydrogens (tertiary/aromatic N) is 4. The van der Waals surface area contributed by atoms with Gasteiger partial charge in [0.15, 0.2) is 11.4 Å². The van der Waals surface area contributed by atoms with E-state index in [-0.39, 0.29) is 17.6 Å². The van der Waals surface area contributed by atoms with Crippen LogP contribution < -0.4 is 5.32 Å². The van der Waals surface area contributed by atoms with Crippen LogP contribution in [0.5, 0.6) is 0 Å². The fraction of sp³-hybridized carbons (Fsp3) is 0.345. The van der Waals surface area contributed by atoms with Crippen LogP contribution in [0.15, 0.2) is 54.9 Å². The monoisotopic (exact) mass is 479 g/mol.